The lowest BCUT2D eigenvalue weighted by Crippen LogP contribution is -2.17. The van der Waals surface area contributed by atoms with Gasteiger partial charge in [-0.3, -0.25) is 0 Å². The summed E-state index contributed by atoms with van der Waals surface area (Å²) < 4.78 is 11.2. The molecule has 1 aliphatic heterocycles. The third-order valence-corrected chi connectivity index (χ3v) is 4.23. The average Bonchev–Trinajstić information content (AvgIpc) is 2.75. The molecule has 0 bridgehead atoms. The Morgan fingerprint density at radius 3 is 2.56 bits per heavy atom. The van der Waals surface area contributed by atoms with E-state index in [-0.39, 0.29) is 0 Å². The summed E-state index contributed by atoms with van der Waals surface area (Å²) in [5, 5.41) is 0. The van der Waals surface area contributed by atoms with E-state index in [0.29, 0.717) is 11.8 Å². The van der Waals surface area contributed by atoms with Crippen LogP contribution >= 0.6 is 0 Å². The summed E-state index contributed by atoms with van der Waals surface area (Å²) in [5.41, 5.74) is 2.91. The molecule has 1 aliphatic rings. The Kier molecular flexibility index (Phi) is 4.83. The Balaban J connectivity index is 1.56. The quantitative estimate of drug-likeness (QED) is 0.654. The van der Waals surface area contributed by atoms with Crippen LogP contribution in [-0.2, 0) is 0 Å². The first-order valence-corrected chi connectivity index (χ1v) is 8.67. The molecule has 3 aromatic rings. The second-order valence-electron chi connectivity index (χ2n) is 5.96. The molecule has 3 heterocycles. The zero-order valence-corrected chi connectivity index (χ0v) is 14.9. The molecule has 0 amide bonds. The molecule has 0 N–H and O–H groups in total. The predicted molar refractivity (Wildman–Crippen MR) is 106 cm³/mol. The number of methoxy groups -OCH3 is 1. The normalized spacial score (nSPS) is 12.9. The van der Waals surface area contributed by atoms with Gasteiger partial charge in [0.1, 0.15) is 5.75 Å². The lowest BCUT2D eigenvalue weighted by Gasteiger charge is -2.20. The summed E-state index contributed by atoms with van der Waals surface area (Å²) in [6.45, 7) is 0.867. The number of allylic oxidation sites excluding steroid dienone is 2. The van der Waals surface area contributed by atoms with E-state index in [1.54, 1.807) is 19.5 Å². The number of hydrogen-bond donors (Lipinski definition) is 0. The second-order valence-corrected chi connectivity index (χ2v) is 5.96. The first-order valence-electron chi connectivity index (χ1n) is 8.67. The minimum absolute atomic E-state index is 0.540. The van der Waals surface area contributed by atoms with Gasteiger partial charge in [-0.15, -0.1) is 0 Å². The van der Waals surface area contributed by atoms with E-state index in [1.807, 2.05) is 60.7 Å². The summed E-state index contributed by atoms with van der Waals surface area (Å²) >= 11 is 0. The van der Waals surface area contributed by atoms with Gasteiger partial charge >= 0.3 is 0 Å². The summed E-state index contributed by atoms with van der Waals surface area (Å²) in [7, 11) is 1.60. The van der Waals surface area contributed by atoms with E-state index in [9.17, 15) is 0 Å². The van der Waals surface area contributed by atoms with Gasteiger partial charge in [0.05, 0.1) is 7.11 Å². The second kappa shape index (κ2) is 7.74. The first kappa shape index (κ1) is 16.8. The van der Waals surface area contributed by atoms with Gasteiger partial charge < -0.3 is 14.4 Å². The van der Waals surface area contributed by atoms with E-state index < -0.39 is 0 Å². The zero-order chi connectivity index (χ0) is 18.5. The van der Waals surface area contributed by atoms with Gasteiger partial charge in [0.2, 0.25) is 11.8 Å². The standard InChI is InChI=1S/C22H19N3O2/c1-26-21-12-7-17(16-24-21)20-6-5-13-23-22(20)27-19-10-8-18(9-11-19)25-14-3-2-4-15-25/h2-14,16H,15H2,1H3. The van der Waals surface area contributed by atoms with Crippen molar-refractivity contribution >= 4 is 5.69 Å². The van der Waals surface area contributed by atoms with Crippen LogP contribution in [0.15, 0.2) is 85.4 Å². The fraction of sp³-hybridized carbons (Fsp3) is 0.0909. The van der Waals surface area contributed by atoms with Crippen LogP contribution < -0.4 is 14.4 Å². The smallest absolute Gasteiger partial charge is 0.227 e. The molecule has 134 valence electrons. The fourth-order valence-electron chi connectivity index (χ4n) is 2.83. The van der Waals surface area contributed by atoms with Crippen LogP contribution in [0.3, 0.4) is 0 Å². The van der Waals surface area contributed by atoms with Gasteiger partial charge in [-0.2, -0.15) is 0 Å². The molecule has 4 rings (SSSR count). The highest BCUT2D eigenvalue weighted by atomic mass is 16.5. The maximum Gasteiger partial charge on any atom is 0.227 e. The van der Waals surface area contributed by atoms with E-state index in [2.05, 4.69) is 27.1 Å². The number of anilines is 1. The highest BCUT2D eigenvalue weighted by Gasteiger charge is 2.10. The molecule has 0 atom stereocenters. The van der Waals surface area contributed by atoms with E-state index >= 15 is 0 Å². The topological polar surface area (TPSA) is 47.5 Å². The molecule has 0 fully saturated rings. The minimum atomic E-state index is 0.540. The number of hydrogen-bond acceptors (Lipinski definition) is 5. The largest absolute Gasteiger partial charge is 0.481 e. The Hall–Kier alpha value is -3.60. The van der Waals surface area contributed by atoms with E-state index in [4.69, 9.17) is 9.47 Å². The molecule has 1 aromatic carbocycles. The van der Waals surface area contributed by atoms with Crippen LogP contribution in [-0.4, -0.2) is 23.6 Å². The van der Waals surface area contributed by atoms with Crippen LogP contribution in [0.1, 0.15) is 0 Å². The third kappa shape index (κ3) is 3.82. The molecular weight excluding hydrogens is 338 g/mol. The molecule has 0 spiro atoms. The van der Waals surface area contributed by atoms with Gasteiger partial charge in [0.15, 0.2) is 0 Å². The van der Waals surface area contributed by atoms with Crippen LogP contribution in [0.4, 0.5) is 5.69 Å². The Morgan fingerprint density at radius 1 is 0.963 bits per heavy atom. The average molecular weight is 357 g/mol. The van der Waals surface area contributed by atoms with Gasteiger partial charge in [0, 0.05) is 48.0 Å². The van der Waals surface area contributed by atoms with Gasteiger partial charge in [0.25, 0.3) is 0 Å². The Labute approximate surface area is 158 Å². The number of benzene rings is 1. The first-order chi connectivity index (χ1) is 13.3. The molecule has 0 saturated heterocycles. The van der Waals surface area contributed by atoms with Crippen LogP contribution in [0, 0.1) is 0 Å². The summed E-state index contributed by atoms with van der Waals surface area (Å²) in [6, 6.07) is 15.6. The monoisotopic (exact) mass is 357 g/mol. The van der Waals surface area contributed by atoms with Crippen molar-refractivity contribution in [2.24, 2.45) is 0 Å². The van der Waals surface area contributed by atoms with Crippen molar-refractivity contribution in [2.45, 2.75) is 0 Å². The highest BCUT2D eigenvalue weighted by molar-refractivity contribution is 5.68. The summed E-state index contributed by atoms with van der Waals surface area (Å²) in [6.07, 6.45) is 11.7. The predicted octanol–water partition coefficient (Wildman–Crippen LogP) is 4.83. The molecule has 0 saturated carbocycles. The van der Waals surface area contributed by atoms with Crippen LogP contribution in [0.2, 0.25) is 0 Å². The number of pyridine rings is 2. The van der Waals surface area contributed by atoms with Crippen molar-refractivity contribution < 1.29 is 9.47 Å². The summed E-state index contributed by atoms with van der Waals surface area (Å²) in [5.74, 6) is 1.84. The maximum absolute atomic E-state index is 6.04. The van der Waals surface area contributed by atoms with Crippen molar-refractivity contribution in [3.8, 4) is 28.6 Å². The molecule has 0 radical (unpaired) electrons. The van der Waals surface area contributed by atoms with Gasteiger partial charge in [-0.25, -0.2) is 9.97 Å². The summed E-state index contributed by atoms with van der Waals surface area (Å²) in [4.78, 5) is 10.8. The molecule has 0 unspecified atom stereocenters. The number of aromatic nitrogens is 2. The lowest BCUT2D eigenvalue weighted by molar-refractivity contribution is 0.398. The van der Waals surface area contributed by atoms with Crippen molar-refractivity contribution in [3.05, 3.63) is 85.4 Å². The third-order valence-electron chi connectivity index (χ3n) is 4.23. The minimum Gasteiger partial charge on any atom is -0.481 e. The van der Waals surface area contributed by atoms with Crippen LogP contribution in [0.25, 0.3) is 11.1 Å². The lowest BCUT2D eigenvalue weighted by atomic mass is 10.1. The molecular formula is C22H19N3O2. The maximum atomic E-state index is 6.04. The number of rotatable bonds is 5. The Morgan fingerprint density at radius 2 is 1.85 bits per heavy atom. The molecule has 5 heteroatoms. The SMILES string of the molecule is COc1ccc(-c2cccnc2Oc2ccc(N3C=CC=CC3)cc2)cn1. The van der Waals surface area contributed by atoms with E-state index in [0.717, 1.165) is 29.1 Å². The molecule has 27 heavy (non-hydrogen) atoms. The van der Waals surface area contributed by atoms with Crippen molar-refractivity contribution in [3.63, 3.8) is 0 Å². The van der Waals surface area contributed by atoms with Gasteiger partial charge in [-0.1, -0.05) is 12.2 Å². The van der Waals surface area contributed by atoms with Crippen LogP contribution in [0.5, 0.6) is 17.5 Å². The van der Waals surface area contributed by atoms with Crippen molar-refractivity contribution in [2.75, 3.05) is 18.6 Å². The highest BCUT2D eigenvalue weighted by Crippen LogP contribution is 2.32. The van der Waals surface area contributed by atoms with E-state index in [1.165, 1.54) is 0 Å². The fourth-order valence-corrected chi connectivity index (χ4v) is 2.83. The van der Waals surface area contributed by atoms with Crippen molar-refractivity contribution in [1.82, 2.24) is 9.97 Å². The number of ether oxygens (including phenoxy) is 2. The van der Waals surface area contributed by atoms with Crippen molar-refractivity contribution in [1.29, 1.82) is 0 Å². The zero-order valence-electron chi connectivity index (χ0n) is 14.9. The Bertz CT molecular complexity index is 964. The number of nitrogens with zero attached hydrogens (tertiary/aromatic N) is 3. The molecule has 0 aliphatic carbocycles. The molecule has 2 aromatic heterocycles. The van der Waals surface area contributed by atoms with Gasteiger partial charge in [-0.05, 0) is 48.5 Å². The molecule has 5 nitrogen and oxygen atoms in total.